The first kappa shape index (κ1) is 25.0. The first-order valence-electron chi connectivity index (χ1n) is 11.1. The lowest BCUT2D eigenvalue weighted by molar-refractivity contribution is -0.122. The lowest BCUT2D eigenvalue weighted by atomic mass is 10.2. The topological polar surface area (TPSA) is 111 Å². The molecule has 1 aromatic heterocycles. The standard InChI is InChI=1S/C25H21ClN4O5S2/c1-15-3-5-16(6-4-15)24-28-29-25(36-24)27-23(31)22-14-30(20-13-17(26)7-12-21(20)35-22)37(32,33)19-10-8-18(34-2)9-11-19/h3-13,22H,14H2,1-2H3,(H,27,29,31). The molecule has 0 fully saturated rings. The summed E-state index contributed by atoms with van der Waals surface area (Å²) < 4.78 is 39.4. The molecule has 1 atom stereocenters. The van der Waals surface area contributed by atoms with Crippen LogP contribution in [0.25, 0.3) is 10.6 Å². The van der Waals surface area contributed by atoms with E-state index >= 15 is 0 Å². The van der Waals surface area contributed by atoms with E-state index in [-0.39, 0.29) is 28.0 Å². The number of aryl methyl sites for hydroxylation is 1. The van der Waals surface area contributed by atoms with Crippen LogP contribution >= 0.6 is 22.9 Å². The number of methoxy groups -OCH3 is 1. The number of hydrogen-bond donors (Lipinski definition) is 1. The Kier molecular flexibility index (Phi) is 6.76. The van der Waals surface area contributed by atoms with Gasteiger partial charge in [-0.3, -0.25) is 14.4 Å². The molecule has 3 aromatic carbocycles. The molecule has 0 saturated carbocycles. The Bertz CT molecular complexity index is 1560. The van der Waals surface area contributed by atoms with Crippen LogP contribution in [0.1, 0.15) is 5.56 Å². The molecule has 1 unspecified atom stereocenters. The number of halogens is 1. The van der Waals surface area contributed by atoms with Crippen molar-refractivity contribution in [3.63, 3.8) is 0 Å². The van der Waals surface area contributed by atoms with Gasteiger partial charge in [0.1, 0.15) is 16.5 Å². The fourth-order valence-electron chi connectivity index (χ4n) is 3.74. The summed E-state index contributed by atoms with van der Waals surface area (Å²) in [5, 5.41) is 12.2. The van der Waals surface area contributed by atoms with E-state index in [9.17, 15) is 13.2 Å². The van der Waals surface area contributed by atoms with Crippen LogP contribution in [0.4, 0.5) is 10.8 Å². The number of nitrogens with one attached hydrogen (secondary N) is 1. The van der Waals surface area contributed by atoms with Gasteiger partial charge in [-0.25, -0.2) is 8.42 Å². The van der Waals surface area contributed by atoms with E-state index in [1.54, 1.807) is 18.2 Å². The number of aromatic nitrogens is 2. The third kappa shape index (κ3) is 5.10. The third-order valence-electron chi connectivity index (χ3n) is 5.68. The van der Waals surface area contributed by atoms with Gasteiger partial charge in [-0.15, -0.1) is 10.2 Å². The highest BCUT2D eigenvalue weighted by atomic mass is 35.5. The zero-order valence-electron chi connectivity index (χ0n) is 19.7. The molecule has 190 valence electrons. The molecule has 1 amide bonds. The van der Waals surface area contributed by atoms with Crippen molar-refractivity contribution in [1.29, 1.82) is 0 Å². The minimum Gasteiger partial charge on any atom is -0.497 e. The largest absolute Gasteiger partial charge is 0.497 e. The Labute approximate surface area is 222 Å². The lowest BCUT2D eigenvalue weighted by Gasteiger charge is -2.34. The minimum atomic E-state index is -4.06. The molecular formula is C25H21ClN4O5S2. The van der Waals surface area contributed by atoms with E-state index in [4.69, 9.17) is 21.1 Å². The average molecular weight is 557 g/mol. The number of nitrogens with zero attached hydrogens (tertiary/aromatic N) is 3. The van der Waals surface area contributed by atoms with Crippen LogP contribution in [0.5, 0.6) is 11.5 Å². The van der Waals surface area contributed by atoms with Crippen molar-refractivity contribution >= 4 is 49.7 Å². The Morgan fingerprint density at radius 3 is 2.54 bits per heavy atom. The molecule has 1 aliphatic heterocycles. The number of hydrogen-bond acceptors (Lipinski definition) is 8. The second-order valence-electron chi connectivity index (χ2n) is 8.20. The summed E-state index contributed by atoms with van der Waals surface area (Å²) in [6, 6.07) is 18.4. The van der Waals surface area contributed by atoms with Gasteiger partial charge in [-0.2, -0.15) is 0 Å². The quantitative estimate of drug-likeness (QED) is 0.364. The molecule has 4 aromatic rings. The highest BCUT2D eigenvalue weighted by Gasteiger charge is 2.38. The molecule has 1 N–H and O–H groups in total. The Hall–Kier alpha value is -3.67. The number of anilines is 2. The molecule has 2 heterocycles. The van der Waals surface area contributed by atoms with Gasteiger partial charge >= 0.3 is 0 Å². The number of carbonyl (C=O) groups is 1. The van der Waals surface area contributed by atoms with Crippen molar-refractivity contribution in [2.24, 2.45) is 0 Å². The molecule has 0 bridgehead atoms. The zero-order chi connectivity index (χ0) is 26.2. The minimum absolute atomic E-state index is 0.0344. The predicted molar refractivity (Wildman–Crippen MR) is 142 cm³/mol. The average Bonchev–Trinajstić information content (AvgIpc) is 3.36. The zero-order valence-corrected chi connectivity index (χ0v) is 22.1. The van der Waals surface area contributed by atoms with E-state index in [2.05, 4.69) is 15.5 Å². The van der Waals surface area contributed by atoms with Crippen molar-refractivity contribution in [2.75, 3.05) is 23.3 Å². The van der Waals surface area contributed by atoms with Gasteiger partial charge in [0.25, 0.3) is 15.9 Å². The van der Waals surface area contributed by atoms with Crippen molar-refractivity contribution in [2.45, 2.75) is 17.9 Å². The number of amides is 1. The Balaban J connectivity index is 1.41. The van der Waals surface area contributed by atoms with Crippen LogP contribution in [0.2, 0.25) is 5.02 Å². The Morgan fingerprint density at radius 2 is 1.84 bits per heavy atom. The SMILES string of the molecule is COc1ccc(S(=O)(=O)N2CC(C(=O)Nc3nnc(-c4ccc(C)cc4)s3)Oc3ccc(Cl)cc32)cc1. The summed E-state index contributed by atoms with van der Waals surface area (Å²) in [4.78, 5) is 13.2. The van der Waals surface area contributed by atoms with Gasteiger partial charge in [0, 0.05) is 10.6 Å². The molecule has 1 aliphatic rings. The number of ether oxygens (including phenoxy) is 2. The number of rotatable bonds is 6. The number of sulfonamides is 1. The molecule has 0 spiro atoms. The van der Waals surface area contributed by atoms with E-state index in [0.29, 0.717) is 15.8 Å². The maximum atomic E-state index is 13.6. The van der Waals surface area contributed by atoms with Gasteiger partial charge in [-0.1, -0.05) is 52.8 Å². The van der Waals surface area contributed by atoms with E-state index < -0.39 is 22.0 Å². The van der Waals surface area contributed by atoms with Crippen LogP contribution in [0.15, 0.2) is 71.6 Å². The molecule has 0 aliphatic carbocycles. The van der Waals surface area contributed by atoms with Crippen molar-refractivity contribution in [3.8, 4) is 22.1 Å². The van der Waals surface area contributed by atoms with Crippen molar-refractivity contribution in [1.82, 2.24) is 10.2 Å². The van der Waals surface area contributed by atoms with Crippen molar-refractivity contribution < 1.29 is 22.7 Å². The van der Waals surface area contributed by atoms with Gasteiger partial charge < -0.3 is 9.47 Å². The molecule has 0 saturated heterocycles. The van der Waals surface area contributed by atoms with Gasteiger partial charge in [0.05, 0.1) is 24.2 Å². The molecule has 5 rings (SSSR count). The maximum Gasteiger partial charge on any atom is 0.269 e. The van der Waals surface area contributed by atoms with Crippen LogP contribution < -0.4 is 19.1 Å². The third-order valence-corrected chi connectivity index (χ3v) is 8.60. The van der Waals surface area contributed by atoms with Crippen LogP contribution in [0.3, 0.4) is 0 Å². The first-order chi connectivity index (χ1) is 17.7. The monoisotopic (exact) mass is 556 g/mol. The maximum absolute atomic E-state index is 13.6. The smallest absolute Gasteiger partial charge is 0.269 e. The van der Waals surface area contributed by atoms with Crippen LogP contribution in [-0.4, -0.2) is 44.3 Å². The second kappa shape index (κ2) is 10.0. The number of benzene rings is 3. The summed E-state index contributed by atoms with van der Waals surface area (Å²) in [7, 11) is -2.56. The summed E-state index contributed by atoms with van der Waals surface area (Å²) in [5.74, 6) is 0.177. The molecular weight excluding hydrogens is 536 g/mol. The molecule has 37 heavy (non-hydrogen) atoms. The highest BCUT2D eigenvalue weighted by molar-refractivity contribution is 7.92. The summed E-state index contributed by atoms with van der Waals surface area (Å²) >= 11 is 7.37. The van der Waals surface area contributed by atoms with Gasteiger partial charge in [0.15, 0.2) is 6.10 Å². The molecule has 12 heteroatoms. The van der Waals surface area contributed by atoms with Crippen molar-refractivity contribution in [3.05, 3.63) is 77.3 Å². The fraction of sp³-hybridized carbons (Fsp3) is 0.160. The number of carbonyl (C=O) groups excluding carboxylic acids is 1. The Morgan fingerprint density at radius 1 is 1.11 bits per heavy atom. The second-order valence-corrected chi connectivity index (χ2v) is 11.5. The summed E-state index contributed by atoms with van der Waals surface area (Å²) in [6.45, 7) is 1.72. The predicted octanol–water partition coefficient (Wildman–Crippen LogP) is 4.77. The van der Waals surface area contributed by atoms with Gasteiger partial charge in [0.2, 0.25) is 5.13 Å². The van der Waals surface area contributed by atoms with Crippen LogP contribution in [0, 0.1) is 6.92 Å². The summed E-state index contributed by atoms with van der Waals surface area (Å²) in [6.07, 6.45) is -1.14. The lowest BCUT2D eigenvalue weighted by Crippen LogP contribution is -2.48. The number of fused-ring (bicyclic) bond motifs is 1. The highest BCUT2D eigenvalue weighted by Crippen LogP contribution is 2.39. The molecule has 0 radical (unpaired) electrons. The van der Waals surface area contributed by atoms with Crippen LogP contribution in [-0.2, 0) is 14.8 Å². The fourth-order valence-corrected chi connectivity index (χ4v) is 6.12. The first-order valence-corrected chi connectivity index (χ1v) is 13.7. The molecule has 9 nitrogen and oxygen atoms in total. The summed E-state index contributed by atoms with van der Waals surface area (Å²) in [5.41, 5.74) is 2.23. The van der Waals surface area contributed by atoms with E-state index in [1.807, 2.05) is 31.2 Å². The normalized spacial score (nSPS) is 15.0. The van der Waals surface area contributed by atoms with E-state index in [0.717, 1.165) is 15.4 Å². The van der Waals surface area contributed by atoms with E-state index in [1.165, 1.54) is 42.7 Å². The van der Waals surface area contributed by atoms with Gasteiger partial charge in [-0.05, 0) is 49.4 Å².